The maximum Gasteiger partial charge on any atom is 0.253 e. The molecule has 5 heteroatoms. The molecule has 1 saturated carbocycles. The zero-order chi connectivity index (χ0) is 15.7. The minimum Gasteiger partial charge on any atom is -0.341 e. The first-order valence-corrected chi connectivity index (χ1v) is 7.98. The molecule has 1 aromatic carbocycles. The van der Waals surface area contributed by atoms with Gasteiger partial charge in [-0.3, -0.25) is 9.59 Å². The fraction of sp³-hybridized carbons (Fsp3) is 0.529. The van der Waals surface area contributed by atoms with Crippen molar-refractivity contribution in [2.24, 2.45) is 11.7 Å². The Balaban J connectivity index is 1.68. The van der Waals surface area contributed by atoms with E-state index in [0.29, 0.717) is 17.7 Å². The molecule has 1 aliphatic carbocycles. The normalized spacial score (nSPS) is 24.3. The van der Waals surface area contributed by atoms with Gasteiger partial charge in [0.25, 0.3) is 5.91 Å². The van der Waals surface area contributed by atoms with E-state index in [-0.39, 0.29) is 23.8 Å². The van der Waals surface area contributed by atoms with Gasteiger partial charge in [-0.05, 0) is 42.9 Å². The van der Waals surface area contributed by atoms with E-state index in [0.717, 1.165) is 37.8 Å². The Hall–Kier alpha value is -1.88. The molecular weight excluding hydrogens is 278 g/mol. The van der Waals surface area contributed by atoms with Gasteiger partial charge in [0, 0.05) is 37.3 Å². The molecule has 0 unspecified atom stereocenters. The van der Waals surface area contributed by atoms with Crippen LogP contribution in [-0.2, 0) is 11.2 Å². The van der Waals surface area contributed by atoms with Gasteiger partial charge in [-0.1, -0.05) is 12.5 Å². The van der Waals surface area contributed by atoms with Crippen molar-refractivity contribution in [2.75, 3.05) is 18.9 Å². The van der Waals surface area contributed by atoms with Gasteiger partial charge >= 0.3 is 0 Å². The summed E-state index contributed by atoms with van der Waals surface area (Å²) >= 11 is 0. The highest BCUT2D eigenvalue weighted by Crippen LogP contribution is 2.27. The van der Waals surface area contributed by atoms with Crippen molar-refractivity contribution in [1.82, 2.24) is 4.90 Å². The van der Waals surface area contributed by atoms with Crippen molar-refractivity contribution >= 4 is 17.5 Å². The van der Waals surface area contributed by atoms with E-state index >= 15 is 0 Å². The van der Waals surface area contributed by atoms with E-state index in [1.54, 1.807) is 18.0 Å². The molecule has 1 aromatic rings. The maximum absolute atomic E-state index is 12.2. The van der Waals surface area contributed by atoms with Crippen LogP contribution in [0.2, 0.25) is 0 Å². The maximum atomic E-state index is 12.2. The molecule has 0 radical (unpaired) electrons. The van der Waals surface area contributed by atoms with Gasteiger partial charge in [0.2, 0.25) is 5.91 Å². The predicted molar refractivity (Wildman–Crippen MR) is 85.7 cm³/mol. The van der Waals surface area contributed by atoms with Crippen LogP contribution in [0.5, 0.6) is 0 Å². The van der Waals surface area contributed by atoms with Gasteiger partial charge in [-0.2, -0.15) is 0 Å². The standard InChI is InChI=1S/C17H23N3O2/c1-20-8-7-11-5-6-13(10-14(11)17(20)22)19-16(21)9-12-3-2-4-15(12)18/h5-6,10,12,15H,2-4,7-9,18H2,1H3,(H,19,21)/t12-,15+/m0/s1. The van der Waals surface area contributed by atoms with Crippen LogP contribution >= 0.6 is 0 Å². The van der Waals surface area contributed by atoms with E-state index in [1.165, 1.54) is 0 Å². The molecule has 1 heterocycles. The molecule has 1 fully saturated rings. The first-order chi connectivity index (χ1) is 10.5. The number of anilines is 1. The highest BCUT2D eigenvalue weighted by molar-refractivity contribution is 5.99. The van der Waals surface area contributed by atoms with Gasteiger partial charge in [-0.25, -0.2) is 0 Å². The minimum absolute atomic E-state index is 0.0149. The SMILES string of the molecule is CN1CCc2ccc(NC(=O)C[C@@H]3CCC[C@H]3N)cc2C1=O. The zero-order valence-electron chi connectivity index (χ0n) is 13.0. The summed E-state index contributed by atoms with van der Waals surface area (Å²) in [6, 6.07) is 5.76. The van der Waals surface area contributed by atoms with Crippen molar-refractivity contribution in [3.63, 3.8) is 0 Å². The van der Waals surface area contributed by atoms with E-state index in [1.807, 2.05) is 12.1 Å². The van der Waals surface area contributed by atoms with Crippen LogP contribution in [0.3, 0.4) is 0 Å². The summed E-state index contributed by atoms with van der Waals surface area (Å²) in [5, 5.41) is 2.91. The molecule has 3 rings (SSSR count). The number of rotatable bonds is 3. The second-order valence-corrected chi connectivity index (χ2v) is 6.46. The van der Waals surface area contributed by atoms with Gasteiger partial charge < -0.3 is 16.0 Å². The largest absolute Gasteiger partial charge is 0.341 e. The second kappa shape index (κ2) is 6.08. The predicted octanol–water partition coefficient (Wildman–Crippen LogP) is 1.77. The van der Waals surface area contributed by atoms with Crippen LogP contribution in [-0.4, -0.2) is 36.3 Å². The average Bonchev–Trinajstić information content (AvgIpc) is 2.88. The Bertz CT molecular complexity index is 600. The quantitative estimate of drug-likeness (QED) is 0.893. The molecule has 2 amide bonds. The third-order valence-electron chi connectivity index (χ3n) is 4.85. The Morgan fingerprint density at radius 1 is 1.41 bits per heavy atom. The van der Waals surface area contributed by atoms with Crippen LogP contribution in [0.25, 0.3) is 0 Å². The lowest BCUT2D eigenvalue weighted by Crippen LogP contribution is -2.34. The Kier molecular flexibility index (Phi) is 4.16. The number of nitrogens with zero attached hydrogens (tertiary/aromatic N) is 1. The van der Waals surface area contributed by atoms with Gasteiger partial charge in [0.1, 0.15) is 0 Å². The number of carbonyl (C=O) groups is 2. The van der Waals surface area contributed by atoms with Crippen LogP contribution in [0.1, 0.15) is 41.6 Å². The molecule has 0 bridgehead atoms. The molecule has 118 valence electrons. The number of amides is 2. The van der Waals surface area contributed by atoms with Crippen molar-refractivity contribution in [3.05, 3.63) is 29.3 Å². The first-order valence-electron chi connectivity index (χ1n) is 7.98. The first kappa shape index (κ1) is 15.0. The number of hydrogen-bond acceptors (Lipinski definition) is 3. The van der Waals surface area contributed by atoms with E-state index in [4.69, 9.17) is 5.73 Å². The monoisotopic (exact) mass is 301 g/mol. The summed E-state index contributed by atoms with van der Waals surface area (Å²) in [6.45, 7) is 0.747. The number of nitrogens with two attached hydrogens (primary N) is 1. The van der Waals surface area contributed by atoms with Crippen molar-refractivity contribution < 1.29 is 9.59 Å². The second-order valence-electron chi connectivity index (χ2n) is 6.46. The Labute approximate surface area is 130 Å². The number of hydrogen-bond donors (Lipinski definition) is 2. The highest BCUT2D eigenvalue weighted by atomic mass is 16.2. The lowest BCUT2D eigenvalue weighted by atomic mass is 9.98. The molecule has 1 aliphatic heterocycles. The molecule has 2 aliphatic rings. The number of carbonyl (C=O) groups excluding carboxylic acids is 2. The smallest absolute Gasteiger partial charge is 0.253 e. The number of benzene rings is 1. The van der Waals surface area contributed by atoms with E-state index in [9.17, 15) is 9.59 Å². The average molecular weight is 301 g/mol. The fourth-order valence-electron chi connectivity index (χ4n) is 3.44. The molecule has 5 nitrogen and oxygen atoms in total. The molecule has 0 spiro atoms. The molecule has 0 aromatic heterocycles. The molecular formula is C17H23N3O2. The van der Waals surface area contributed by atoms with Crippen LogP contribution in [0.15, 0.2) is 18.2 Å². The van der Waals surface area contributed by atoms with Crippen molar-refractivity contribution in [2.45, 2.75) is 38.1 Å². The summed E-state index contributed by atoms with van der Waals surface area (Å²) in [7, 11) is 1.80. The molecule has 22 heavy (non-hydrogen) atoms. The minimum atomic E-state index is -0.0149. The molecule has 0 saturated heterocycles. The summed E-state index contributed by atoms with van der Waals surface area (Å²) in [5.74, 6) is 0.291. The lowest BCUT2D eigenvalue weighted by molar-refractivity contribution is -0.117. The molecule has 2 atom stereocenters. The fourth-order valence-corrected chi connectivity index (χ4v) is 3.44. The van der Waals surface area contributed by atoms with Gasteiger partial charge in [-0.15, -0.1) is 0 Å². The topological polar surface area (TPSA) is 75.4 Å². The van der Waals surface area contributed by atoms with E-state index < -0.39 is 0 Å². The van der Waals surface area contributed by atoms with Crippen LogP contribution in [0.4, 0.5) is 5.69 Å². The number of nitrogens with one attached hydrogen (secondary N) is 1. The summed E-state index contributed by atoms with van der Waals surface area (Å²) < 4.78 is 0. The zero-order valence-corrected chi connectivity index (χ0v) is 13.0. The summed E-state index contributed by atoms with van der Waals surface area (Å²) in [6.07, 6.45) is 4.48. The third kappa shape index (κ3) is 2.99. The Morgan fingerprint density at radius 2 is 2.23 bits per heavy atom. The number of likely N-dealkylation sites (N-methyl/N-ethyl adjacent to an activating group) is 1. The third-order valence-corrected chi connectivity index (χ3v) is 4.85. The summed E-state index contributed by atoms with van der Waals surface area (Å²) in [5.41, 5.74) is 8.46. The van der Waals surface area contributed by atoms with Crippen LogP contribution < -0.4 is 11.1 Å². The highest BCUT2D eigenvalue weighted by Gasteiger charge is 2.26. The number of fused-ring (bicyclic) bond motifs is 1. The van der Waals surface area contributed by atoms with Crippen molar-refractivity contribution in [3.8, 4) is 0 Å². The molecule has 3 N–H and O–H groups in total. The van der Waals surface area contributed by atoms with Gasteiger partial charge in [0.05, 0.1) is 0 Å². The van der Waals surface area contributed by atoms with Crippen molar-refractivity contribution in [1.29, 1.82) is 0 Å². The summed E-state index contributed by atoms with van der Waals surface area (Å²) in [4.78, 5) is 26.1. The van der Waals surface area contributed by atoms with E-state index in [2.05, 4.69) is 5.32 Å². The van der Waals surface area contributed by atoms with Gasteiger partial charge in [0.15, 0.2) is 0 Å². The van der Waals surface area contributed by atoms with Crippen LogP contribution in [0, 0.1) is 5.92 Å². The Morgan fingerprint density at radius 3 is 2.95 bits per heavy atom. The lowest BCUT2D eigenvalue weighted by Gasteiger charge is -2.25.